The number of carbonyl (C=O) groups is 2. The number of ether oxygens (including phenoxy) is 3. The van der Waals surface area contributed by atoms with E-state index in [9.17, 15) is 9.59 Å². The minimum Gasteiger partial charge on any atom is -0.493 e. The fourth-order valence-electron chi connectivity index (χ4n) is 3.06. The summed E-state index contributed by atoms with van der Waals surface area (Å²) in [6, 6.07) is 11.9. The number of nitriles is 1. The number of nitrogens with one attached hydrogen (secondary N) is 2. The molecule has 0 saturated heterocycles. The van der Waals surface area contributed by atoms with Crippen LogP contribution in [0.25, 0.3) is 0 Å². The molecule has 2 unspecified atom stereocenters. The lowest BCUT2D eigenvalue weighted by atomic mass is 10.2. The molecule has 1 aliphatic carbocycles. The summed E-state index contributed by atoms with van der Waals surface area (Å²) >= 11 is 0. The predicted octanol–water partition coefficient (Wildman–Crippen LogP) is 2.80. The van der Waals surface area contributed by atoms with E-state index in [1.165, 1.54) is 21.3 Å². The van der Waals surface area contributed by atoms with Gasteiger partial charge in [-0.05, 0) is 24.6 Å². The smallest absolute Gasteiger partial charge is 0.228 e. The first-order chi connectivity index (χ1) is 14.0. The second-order valence-electron chi connectivity index (χ2n) is 6.53. The lowest BCUT2D eigenvalue weighted by Gasteiger charge is -2.14. The number of rotatable bonds is 7. The van der Waals surface area contributed by atoms with Crippen molar-refractivity contribution >= 4 is 23.2 Å². The van der Waals surface area contributed by atoms with Crippen LogP contribution in [0.3, 0.4) is 0 Å². The van der Waals surface area contributed by atoms with Gasteiger partial charge in [0.2, 0.25) is 17.6 Å². The minimum atomic E-state index is -0.423. The maximum absolute atomic E-state index is 12.5. The van der Waals surface area contributed by atoms with Crippen LogP contribution >= 0.6 is 0 Å². The number of anilines is 2. The standard InChI is InChI=1S/C21H21N3O5/c1-27-17-8-14(9-18(28-2)19(17)29-3)24-21(26)16-10-15(16)20(25)23-13-6-4-5-12(7-13)11-22/h4-9,15-16H,10H2,1-3H3,(H,23,25)(H,24,26). The monoisotopic (exact) mass is 395 g/mol. The Kier molecular flexibility index (Phi) is 5.88. The van der Waals surface area contributed by atoms with Gasteiger partial charge >= 0.3 is 0 Å². The van der Waals surface area contributed by atoms with Gasteiger partial charge in [0.1, 0.15) is 0 Å². The molecule has 0 spiro atoms. The molecule has 1 fully saturated rings. The highest BCUT2D eigenvalue weighted by atomic mass is 16.5. The van der Waals surface area contributed by atoms with Crippen molar-refractivity contribution in [2.24, 2.45) is 11.8 Å². The van der Waals surface area contributed by atoms with Crippen molar-refractivity contribution < 1.29 is 23.8 Å². The van der Waals surface area contributed by atoms with Crippen molar-refractivity contribution in [3.8, 4) is 23.3 Å². The summed E-state index contributed by atoms with van der Waals surface area (Å²) in [4.78, 5) is 24.9. The Morgan fingerprint density at radius 2 is 1.52 bits per heavy atom. The Bertz CT molecular complexity index is 958. The van der Waals surface area contributed by atoms with E-state index >= 15 is 0 Å². The van der Waals surface area contributed by atoms with E-state index in [0.29, 0.717) is 40.6 Å². The quantitative estimate of drug-likeness (QED) is 0.746. The molecule has 2 N–H and O–H groups in total. The third-order valence-electron chi connectivity index (χ3n) is 4.66. The van der Waals surface area contributed by atoms with Crippen LogP contribution in [-0.2, 0) is 9.59 Å². The fourth-order valence-corrected chi connectivity index (χ4v) is 3.06. The average molecular weight is 395 g/mol. The average Bonchev–Trinajstić information content (AvgIpc) is 3.54. The van der Waals surface area contributed by atoms with E-state index in [0.717, 1.165) is 0 Å². The van der Waals surface area contributed by atoms with Gasteiger partial charge < -0.3 is 24.8 Å². The molecule has 0 radical (unpaired) electrons. The van der Waals surface area contributed by atoms with Gasteiger partial charge in [-0.25, -0.2) is 0 Å². The SMILES string of the molecule is COc1cc(NC(=O)C2CC2C(=O)Nc2cccc(C#N)c2)cc(OC)c1OC. The Morgan fingerprint density at radius 3 is 2.03 bits per heavy atom. The third-order valence-corrected chi connectivity index (χ3v) is 4.66. The number of nitrogens with zero attached hydrogens (tertiary/aromatic N) is 1. The van der Waals surface area contributed by atoms with E-state index in [1.54, 1.807) is 36.4 Å². The number of methoxy groups -OCH3 is 3. The molecule has 3 rings (SSSR count). The van der Waals surface area contributed by atoms with Gasteiger partial charge in [-0.3, -0.25) is 9.59 Å². The van der Waals surface area contributed by atoms with Crippen LogP contribution < -0.4 is 24.8 Å². The minimum absolute atomic E-state index is 0.245. The van der Waals surface area contributed by atoms with Gasteiger partial charge in [0.15, 0.2) is 11.5 Å². The summed E-state index contributed by atoms with van der Waals surface area (Å²) in [5, 5.41) is 14.5. The molecule has 2 aromatic rings. The van der Waals surface area contributed by atoms with E-state index in [2.05, 4.69) is 10.6 Å². The first-order valence-electron chi connectivity index (χ1n) is 8.92. The van der Waals surface area contributed by atoms with Gasteiger partial charge in [-0.2, -0.15) is 5.26 Å². The highest BCUT2D eigenvalue weighted by Gasteiger charge is 2.48. The fraction of sp³-hybridized carbons (Fsp3) is 0.286. The van der Waals surface area contributed by atoms with Crippen LogP contribution in [0.4, 0.5) is 11.4 Å². The lowest BCUT2D eigenvalue weighted by molar-refractivity contribution is -0.122. The topological polar surface area (TPSA) is 110 Å². The zero-order valence-corrected chi connectivity index (χ0v) is 16.3. The van der Waals surface area contributed by atoms with E-state index in [-0.39, 0.29) is 11.8 Å². The van der Waals surface area contributed by atoms with Crippen LogP contribution in [0.1, 0.15) is 12.0 Å². The van der Waals surface area contributed by atoms with E-state index < -0.39 is 11.8 Å². The number of hydrogen-bond donors (Lipinski definition) is 2. The lowest BCUT2D eigenvalue weighted by Crippen LogP contribution is -2.20. The Morgan fingerprint density at radius 1 is 0.931 bits per heavy atom. The van der Waals surface area contributed by atoms with Crippen LogP contribution in [0.5, 0.6) is 17.2 Å². The molecule has 0 aliphatic heterocycles. The summed E-state index contributed by atoms with van der Waals surface area (Å²) in [5.41, 5.74) is 1.47. The van der Waals surface area contributed by atoms with E-state index in [1.807, 2.05) is 6.07 Å². The first kappa shape index (κ1) is 20.0. The summed E-state index contributed by atoms with van der Waals surface area (Å²) in [6.45, 7) is 0. The van der Waals surface area contributed by atoms with Gasteiger partial charge in [0.05, 0.1) is 44.8 Å². The molecule has 1 saturated carbocycles. The number of hydrogen-bond acceptors (Lipinski definition) is 6. The second kappa shape index (κ2) is 8.52. The normalized spacial score (nSPS) is 16.9. The van der Waals surface area contributed by atoms with Gasteiger partial charge in [0, 0.05) is 23.5 Å². The first-order valence-corrected chi connectivity index (χ1v) is 8.92. The molecule has 0 aromatic heterocycles. The molecule has 2 atom stereocenters. The van der Waals surface area contributed by atoms with Crippen molar-refractivity contribution in [1.29, 1.82) is 5.26 Å². The van der Waals surface area contributed by atoms with Crippen LogP contribution in [-0.4, -0.2) is 33.1 Å². The molecule has 29 heavy (non-hydrogen) atoms. The summed E-state index contributed by atoms with van der Waals surface area (Å²) in [7, 11) is 4.48. The highest BCUT2D eigenvalue weighted by molar-refractivity contribution is 6.03. The van der Waals surface area contributed by atoms with Crippen molar-refractivity contribution in [2.75, 3.05) is 32.0 Å². The maximum Gasteiger partial charge on any atom is 0.228 e. The van der Waals surface area contributed by atoms with Gasteiger partial charge in [-0.15, -0.1) is 0 Å². The van der Waals surface area contributed by atoms with Crippen LogP contribution in [0.2, 0.25) is 0 Å². The molecule has 2 aromatic carbocycles. The Hall–Kier alpha value is -3.73. The van der Waals surface area contributed by atoms with Crippen molar-refractivity contribution in [3.63, 3.8) is 0 Å². The number of carbonyl (C=O) groups excluding carboxylic acids is 2. The molecular weight excluding hydrogens is 374 g/mol. The number of amides is 2. The van der Waals surface area contributed by atoms with Crippen LogP contribution in [0, 0.1) is 23.2 Å². The van der Waals surface area contributed by atoms with Gasteiger partial charge in [-0.1, -0.05) is 6.07 Å². The summed E-state index contributed by atoms with van der Waals surface area (Å²) < 4.78 is 15.8. The zero-order valence-electron chi connectivity index (χ0n) is 16.3. The second-order valence-corrected chi connectivity index (χ2v) is 6.53. The molecule has 150 valence electrons. The number of benzene rings is 2. The van der Waals surface area contributed by atoms with Gasteiger partial charge in [0.25, 0.3) is 0 Å². The molecule has 2 amide bonds. The maximum atomic E-state index is 12.5. The van der Waals surface area contributed by atoms with Crippen molar-refractivity contribution in [1.82, 2.24) is 0 Å². The zero-order chi connectivity index (χ0) is 21.0. The molecule has 0 bridgehead atoms. The largest absolute Gasteiger partial charge is 0.493 e. The van der Waals surface area contributed by atoms with Crippen molar-refractivity contribution in [3.05, 3.63) is 42.0 Å². The third kappa shape index (κ3) is 4.41. The molecule has 1 aliphatic rings. The van der Waals surface area contributed by atoms with Crippen molar-refractivity contribution in [2.45, 2.75) is 6.42 Å². The van der Waals surface area contributed by atoms with Crippen LogP contribution in [0.15, 0.2) is 36.4 Å². The molecular formula is C21H21N3O5. The highest BCUT2D eigenvalue weighted by Crippen LogP contribution is 2.43. The van der Waals surface area contributed by atoms with E-state index in [4.69, 9.17) is 19.5 Å². The Balaban J connectivity index is 1.64. The summed E-state index contributed by atoms with van der Waals surface area (Å²) in [5.74, 6) is -0.0724. The molecule has 8 heteroatoms. The Labute approximate surface area is 168 Å². The summed E-state index contributed by atoms with van der Waals surface area (Å²) in [6.07, 6.45) is 0.458. The predicted molar refractivity (Wildman–Crippen MR) is 106 cm³/mol. The molecule has 0 heterocycles. The molecule has 8 nitrogen and oxygen atoms in total.